The Labute approximate surface area is 307 Å². The molecular weight excluding hydrogens is 643 g/mol. The molecule has 0 fully saturated rings. The number of para-hydroxylation sites is 3. The van der Waals surface area contributed by atoms with Crippen LogP contribution >= 0.6 is 0 Å². The number of fused-ring (bicyclic) bond motifs is 6. The van der Waals surface area contributed by atoms with E-state index in [1.54, 1.807) is 0 Å². The van der Waals surface area contributed by atoms with Crippen molar-refractivity contribution in [3.8, 4) is 16.8 Å². The lowest BCUT2D eigenvalue weighted by molar-refractivity contribution is 1.18. The average molecular weight is 676 g/mol. The number of benzene rings is 9. The molecule has 2 heterocycles. The van der Waals surface area contributed by atoms with Gasteiger partial charge in [-0.15, -0.1) is 0 Å². The highest BCUT2D eigenvalue weighted by atomic mass is 15.2. The van der Waals surface area contributed by atoms with E-state index >= 15 is 0 Å². The van der Waals surface area contributed by atoms with Crippen LogP contribution in [0.3, 0.4) is 0 Å². The molecule has 0 N–H and O–H groups in total. The summed E-state index contributed by atoms with van der Waals surface area (Å²) in [6.45, 7) is 0. The van der Waals surface area contributed by atoms with Gasteiger partial charge in [0.05, 0.1) is 28.1 Å². The minimum atomic E-state index is 1.10. The molecule has 9 aromatic carbocycles. The van der Waals surface area contributed by atoms with Crippen molar-refractivity contribution in [2.75, 3.05) is 9.80 Å². The first-order chi connectivity index (χ1) is 26.3. The Balaban J connectivity index is 1.19. The van der Waals surface area contributed by atoms with Crippen LogP contribution in [0, 0.1) is 0 Å². The number of nitrogens with zero attached hydrogens (tertiary/aromatic N) is 3. The Morgan fingerprint density at radius 3 is 1.83 bits per heavy atom. The molecule has 0 saturated carbocycles. The molecule has 0 atom stereocenters. The lowest BCUT2D eigenvalue weighted by Crippen LogP contribution is -2.17. The standard InChI is InChI=1S/C50H33N3/c1-3-18-36(19-4-1)52-46-25-10-9-23-41(46)44-32-38(29-31-47(44)52)51(45-26-12-15-34-14-7-8-22-40(34)45)39-28-30-42-43-24-11-16-35-17-13-27-48(50(35)43)53(49(42)33-39)37-20-5-2-6-21-37/h1-33H. The Bertz CT molecular complexity index is 3000. The lowest BCUT2D eigenvalue weighted by Gasteiger charge is -2.35. The van der Waals surface area contributed by atoms with E-state index in [1.807, 2.05) is 0 Å². The van der Waals surface area contributed by atoms with E-state index in [0.29, 0.717) is 0 Å². The molecule has 53 heavy (non-hydrogen) atoms. The molecule has 0 spiro atoms. The minimum Gasteiger partial charge on any atom is -0.310 e. The fraction of sp³-hybridized carbons (Fsp3) is 0. The number of aromatic nitrogens is 1. The SMILES string of the molecule is c1ccc(N2c3cc(N(c4ccc5c(c4)c4ccccc4n5-c4ccccc4)c4cccc5ccccc45)ccc3-c3cccc4cccc2c34)cc1. The molecule has 0 saturated heterocycles. The normalized spacial score (nSPS) is 12.1. The van der Waals surface area contributed by atoms with Crippen molar-refractivity contribution in [3.05, 3.63) is 200 Å². The third-order valence-corrected chi connectivity index (χ3v) is 10.8. The highest BCUT2D eigenvalue weighted by Gasteiger charge is 2.28. The van der Waals surface area contributed by atoms with Gasteiger partial charge in [-0.2, -0.15) is 0 Å². The Hall–Kier alpha value is -7.10. The monoisotopic (exact) mass is 675 g/mol. The molecule has 0 amide bonds. The maximum atomic E-state index is 2.45. The molecule has 3 nitrogen and oxygen atoms in total. The second-order valence-corrected chi connectivity index (χ2v) is 13.8. The van der Waals surface area contributed by atoms with Crippen molar-refractivity contribution in [1.82, 2.24) is 4.57 Å². The quantitative estimate of drug-likeness (QED) is 0.180. The third kappa shape index (κ3) is 4.54. The van der Waals surface area contributed by atoms with E-state index in [-0.39, 0.29) is 0 Å². The van der Waals surface area contributed by atoms with Gasteiger partial charge in [-0.25, -0.2) is 0 Å². The Morgan fingerprint density at radius 1 is 0.358 bits per heavy atom. The fourth-order valence-electron chi connectivity index (χ4n) is 8.57. The number of hydrogen-bond donors (Lipinski definition) is 0. The van der Waals surface area contributed by atoms with Gasteiger partial charge in [-0.1, -0.05) is 127 Å². The van der Waals surface area contributed by atoms with Crippen LogP contribution in [0.2, 0.25) is 0 Å². The van der Waals surface area contributed by atoms with Crippen molar-refractivity contribution in [2.24, 2.45) is 0 Å². The first-order valence-corrected chi connectivity index (χ1v) is 18.2. The van der Waals surface area contributed by atoms with Crippen molar-refractivity contribution in [3.63, 3.8) is 0 Å². The van der Waals surface area contributed by atoms with Gasteiger partial charge in [-0.05, 0) is 89.1 Å². The molecule has 1 aliphatic heterocycles. The molecule has 1 aromatic heterocycles. The summed E-state index contributed by atoms with van der Waals surface area (Å²) in [5, 5.41) is 7.39. The highest BCUT2D eigenvalue weighted by Crippen LogP contribution is 2.53. The van der Waals surface area contributed by atoms with Crippen molar-refractivity contribution >= 4 is 77.5 Å². The second kappa shape index (κ2) is 11.7. The summed E-state index contributed by atoms with van der Waals surface area (Å²) in [5.74, 6) is 0. The molecule has 248 valence electrons. The molecule has 10 aromatic rings. The number of rotatable bonds is 5. The topological polar surface area (TPSA) is 11.4 Å². The largest absolute Gasteiger partial charge is 0.310 e. The van der Waals surface area contributed by atoms with Crippen molar-refractivity contribution < 1.29 is 0 Å². The highest BCUT2D eigenvalue weighted by molar-refractivity contribution is 6.15. The molecule has 3 heteroatoms. The van der Waals surface area contributed by atoms with Crippen LogP contribution in [-0.2, 0) is 0 Å². The summed E-state index contributed by atoms with van der Waals surface area (Å²) < 4.78 is 2.38. The molecule has 0 radical (unpaired) electrons. The first-order valence-electron chi connectivity index (χ1n) is 18.2. The van der Waals surface area contributed by atoms with E-state index in [4.69, 9.17) is 0 Å². The summed E-state index contributed by atoms with van der Waals surface area (Å²) in [4.78, 5) is 4.88. The first kappa shape index (κ1) is 29.6. The molecule has 0 aliphatic carbocycles. The van der Waals surface area contributed by atoms with Crippen LogP contribution < -0.4 is 9.80 Å². The van der Waals surface area contributed by atoms with Crippen LogP contribution in [0.15, 0.2) is 200 Å². The summed E-state index contributed by atoms with van der Waals surface area (Å²) in [6.07, 6.45) is 0. The molecule has 11 rings (SSSR count). The maximum Gasteiger partial charge on any atom is 0.0561 e. The third-order valence-electron chi connectivity index (χ3n) is 10.8. The number of anilines is 6. The van der Waals surface area contributed by atoms with Gasteiger partial charge in [-0.3, -0.25) is 0 Å². The van der Waals surface area contributed by atoms with Crippen LogP contribution in [0.1, 0.15) is 0 Å². The summed E-state index contributed by atoms with van der Waals surface area (Å²) in [5.41, 5.74) is 12.9. The van der Waals surface area contributed by atoms with E-state index < -0.39 is 0 Å². The number of hydrogen-bond acceptors (Lipinski definition) is 2. The van der Waals surface area contributed by atoms with Gasteiger partial charge in [0.15, 0.2) is 0 Å². The van der Waals surface area contributed by atoms with Gasteiger partial charge < -0.3 is 14.4 Å². The van der Waals surface area contributed by atoms with Gasteiger partial charge in [0.25, 0.3) is 0 Å². The lowest BCUT2D eigenvalue weighted by atomic mass is 9.90. The summed E-state index contributed by atoms with van der Waals surface area (Å²) in [7, 11) is 0. The smallest absolute Gasteiger partial charge is 0.0561 e. The molecule has 1 aliphatic rings. The fourth-order valence-corrected chi connectivity index (χ4v) is 8.57. The van der Waals surface area contributed by atoms with Crippen LogP contribution in [0.5, 0.6) is 0 Å². The van der Waals surface area contributed by atoms with Gasteiger partial charge >= 0.3 is 0 Å². The van der Waals surface area contributed by atoms with E-state index in [0.717, 1.165) is 34.1 Å². The Kier molecular flexibility index (Phi) is 6.55. The minimum absolute atomic E-state index is 1.10. The second-order valence-electron chi connectivity index (χ2n) is 13.8. The average Bonchev–Trinajstić information content (AvgIpc) is 3.56. The van der Waals surface area contributed by atoms with Crippen molar-refractivity contribution in [1.29, 1.82) is 0 Å². The molecule has 0 bridgehead atoms. The van der Waals surface area contributed by atoms with Crippen LogP contribution in [0.25, 0.3) is 60.2 Å². The van der Waals surface area contributed by atoms with E-state index in [9.17, 15) is 0 Å². The Morgan fingerprint density at radius 2 is 0.981 bits per heavy atom. The van der Waals surface area contributed by atoms with Crippen LogP contribution in [0.4, 0.5) is 34.1 Å². The predicted octanol–water partition coefficient (Wildman–Crippen LogP) is 14.0. The zero-order chi connectivity index (χ0) is 34.9. The molecule has 0 unspecified atom stereocenters. The zero-order valence-electron chi connectivity index (χ0n) is 28.9. The van der Waals surface area contributed by atoms with Crippen molar-refractivity contribution in [2.45, 2.75) is 0 Å². The summed E-state index contributed by atoms with van der Waals surface area (Å²) in [6, 6.07) is 72.8. The van der Waals surface area contributed by atoms with Gasteiger partial charge in [0.2, 0.25) is 0 Å². The summed E-state index contributed by atoms with van der Waals surface area (Å²) >= 11 is 0. The van der Waals surface area contributed by atoms with Gasteiger partial charge in [0, 0.05) is 49.9 Å². The molecular formula is C50H33N3. The van der Waals surface area contributed by atoms with Crippen LogP contribution in [-0.4, -0.2) is 4.57 Å². The van der Waals surface area contributed by atoms with E-state index in [1.165, 1.54) is 60.2 Å². The van der Waals surface area contributed by atoms with E-state index in [2.05, 4.69) is 215 Å². The maximum absolute atomic E-state index is 2.45. The zero-order valence-corrected chi connectivity index (χ0v) is 28.9. The predicted molar refractivity (Wildman–Crippen MR) is 224 cm³/mol. The van der Waals surface area contributed by atoms with Gasteiger partial charge in [0.1, 0.15) is 0 Å².